The average Bonchev–Trinajstić information content (AvgIpc) is 2.59. The lowest BCUT2D eigenvalue weighted by Gasteiger charge is -2.00. The van der Waals surface area contributed by atoms with E-state index in [4.69, 9.17) is 0 Å². The molecule has 0 saturated heterocycles. The summed E-state index contributed by atoms with van der Waals surface area (Å²) in [5.74, 6) is 0.141. The molecule has 120 valence electrons. The Hall–Kier alpha value is -3.34. The van der Waals surface area contributed by atoms with E-state index >= 15 is 0 Å². The van der Waals surface area contributed by atoms with Crippen molar-refractivity contribution in [2.75, 3.05) is 0 Å². The second kappa shape index (κ2) is 6.42. The monoisotopic (exact) mass is 320 g/mol. The summed E-state index contributed by atoms with van der Waals surface area (Å²) in [4.78, 5) is 27.5. The predicted octanol–water partition coefficient (Wildman–Crippen LogP) is 0.437. The van der Waals surface area contributed by atoms with Crippen molar-refractivity contribution in [1.82, 2.24) is 9.55 Å². The molecule has 3 rings (SSSR count). The van der Waals surface area contributed by atoms with Gasteiger partial charge in [-0.2, -0.15) is 0 Å². The van der Waals surface area contributed by atoms with Gasteiger partial charge in [0, 0.05) is 7.05 Å². The van der Waals surface area contributed by atoms with Crippen molar-refractivity contribution in [3.8, 4) is 5.75 Å². The first kappa shape index (κ1) is 15.6. The van der Waals surface area contributed by atoms with E-state index in [1.54, 1.807) is 31.3 Å². The summed E-state index contributed by atoms with van der Waals surface area (Å²) in [6.45, 7) is 0. The molecule has 0 unspecified atom stereocenters. The van der Waals surface area contributed by atoms with Gasteiger partial charge < -0.3 is 14.7 Å². The summed E-state index contributed by atoms with van der Waals surface area (Å²) >= 11 is 0. The molecular formula is C19H16N2O3. The number of phenolic OH excluding ortho intramolecular Hbond substituents is 1. The van der Waals surface area contributed by atoms with Crippen LogP contribution in [-0.4, -0.2) is 14.7 Å². The SMILES string of the molecule is Cn1c(=O)c(=Cc2ccccc2)[nH]c(=O)c1=Cc1ccc(O)cc1. The molecular weight excluding hydrogens is 304 g/mol. The van der Waals surface area contributed by atoms with Gasteiger partial charge in [-0.15, -0.1) is 0 Å². The van der Waals surface area contributed by atoms with E-state index in [1.165, 1.54) is 16.7 Å². The summed E-state index contributed by atoms with van der Waals surface area (Å²) < 4.78 is 1.32. The maximum absolute atomic E-state index is 12.5. The minimum absolute atomic E-state index is 0.141. The van der Waals surface area contributed by atoms with Gasteiger partial charge in [0.25, 0.3) is 11.1 Å². The molecule has 2 aromatic carbocycles. The van der Waals surface area contributed by atoms with E-state index in [-0.39, 0.29) is 27.6 Å². The third kappa shape index (κ3) is 3.20. The molecule has 0 spiro atoms. The standard InChI is InChI=1S/C19H16N2O3/c1-21-17(12-14-7-9-15(22)10-8-14)18(23)20-16(19(21)24)11-13-5-3-2-4-6-13/h2-12,22H,1H3,(H,20,23). The molecule has 0 amide bonds. The van der Waals surface area contributed by atoms with Crippen LogP contribution in [0.4, 0.5) is 0 Å². The van der Waals surface area contributed by atoms with Gasteiger partial charge in [0.1, 0.15) is 16.4 Å². The lowest BCUT2D eigenvalue weighted by Crippen LogP contribution is -2.52. The van der Waals surface area contributed by atoms with E-state index in [0.29, 0.717) is 5.56 Å². The molecule has 0 atom stereocenters. The number of benzene rings is 2. The van der Waals surface area contributed by atoms with Crippen LogP contribution in [-0.2, 0) is 7.05 Å². The number of nitrogens with one attached hydrogen (secondary N) is 1. The van der Waals surface area contributed by atoms with Crippen LogP contribution in [0.25, 0.3) is 12.2 Å². The molecule has 0 fully saturated rings. The zero-order valence-corrected chi connectivity index (χ0v) is 13.1. The van der Waals surface area contributed by atoms with Crippen molar-refractivity contribution in [3.63, 3.8) is 0 Å². The molecule has 1 aromatic heterocycles. The zero-order valence-electron chi connectivity index (χ0n) is 13.1. The minimum atomic E-state index is -0.354. The summed E-state index contributed by atoms with van der Waals surface area (Å²) in [5.41, 5.74) is 0.907. The van der Waals surface area contributed by atoms with Gasteiger partial charge in [-0.25, -0.2) is 0 Å². The highest BCUT2D eigenvalue weighted by molar-refractivity contribution is 5.50. The molecule has 0 aliphatic rings. The number of phenols is 1. The van der Waals surface area contributed by atoms with E-state index in [1.807, 2.05) is 30.3 Å². The van der Waals surface area contributed by atoms with Crippen LogP contribution in [0.2, 0.25) is 0 Å². The summed E-state index contributed by atoms with van der Waals surface area (Å²) in [6, 6.07) is 15.7. The Morgan fingerprint density at radius 1 is 0.917 bits per heavy atom. The number of aromatic amines is 1. The van der Waals surface area contributed by atoms with Gasteiger partial charge >= 0.3 is 0 Å². The number of rotatable bonds is 2. The van der Waals surface area contributed by atoms with Crippen LogP contribution in [0, 0.1) is 0 Å². The second-order valence-electron chi connectivity index (χ2n) is 5.41. The Labute approximate surface area is 137 Å². The first-order valence-electron chi connectivity index (χ1n) is 7.41. The average molecular weight is 320 g/mol. The molecule has 24 heavy (non-hydrogen) atoms. The minimum Gasteiger partial charge on any atom is -0.508 e. The van der Waals surface area contributed by atoms with Crippen molar-refractivity contribution < 1.29 is 5.11 Å². The fourth-order valence-corrected chi connectivity index (χ4v) is 2.39. The predicted molar refractivity (Wildman–Crippen MR) is 93.2 cm³/mol. The van der Waals surface area contributed by atoms with Gasteiger partial charge in [0.2, 0.25) is 0 Å². The molecule has 5 heteroatoms. The van der Waals surface area contributed by atoms with Crippen molar-refractivity contribution in [1.29, 1.82) is 0 Å². The molecule has 5 nitrogen and oxygen atoms in total. The van der Waals surface area contributed by atoms with Crippen LogP contribution >= 0.6 is 0 Å². The molecule has 3 aromatic rings. The highest BCUT2D eigenvalue weighted by Crippen LogP contribution is 2.09. The Bertz CT molecular complexity index is 1090. The van der Waals surface area contributed by atoms with E-state index < -0.39 is 0 Å². The van der Waals surface area contributed by atoms with Crippen molar-refractivity contribution in [2.45, 2.75) is 0 Å². The number of aromatic nitrogens is 2. The fourth-order valence-electron chi connectivity index (χ4n) is 2.39. The highest BCUT2D eigenvalue weighted by atomic mass is 16.3. The third-order valence-corrected chi connectivity index (χ3v) is 3.68. The van der Waals surface area contributed by atoms with Crippen LogP contribution in [0.5, 0.6) is 5.75 Å². The number of aromatic hydroxyl groups is 1. The van der Waals surface area contributed by atoms with Crippen molar-refractivity contribution in [2.24, 2.45) is 7.05 Å². The lowest BCUT2D eigenvalue weighted by atomic mass is 10.2. The molecule has 1 heterocycles. The Morgan fingerprint density at radius 2 is 1.54 bits per heavy atom. The van der Waals surface area contributed by atoms with Gasteiger partial charge in [0.05, 0.1) is 0 Å². The molecule has 0 aliphatic heterocycles. The quantitative estimate of drug-likeness (QED) is 0.719. The number of hydrogen-bond acceptors (Lipinski definition) is 3. The van der Waals surface area contributed by atoms with Crippen LogP contribution in [0.1, 0.15) is 11.1 Å². The topological polar surface area (TPSA) is 75.1 Å². The van der Waals surface area contributed by atoms with Gasteiger partial charge in [0.15, 0.2) is 0 Å². The van der Waals surface area contributed by atoms with E-state index in [0.717, 1.165) is 5.56 Å². The number of hydrogen-bond donors (Lipinski definition) is 2. The Balaban J connectivity index is 2.20. The fraction of sp³-hybridized carbons (Fsp3) is 0.0526. The molecule has 2 N–H and O–H groups in total. The maximum atomic E-state index is 12.5. The third-order valence-electron chi connectivity index (χ3n) is 3.68. The highest BCUT2D eigenvalue weighted by Gasteiger charge is 2.01. The molecule has 0 radical (unpaired) electrons. The van der Waals surface area contributed by atoms with Crippen molar-refractivity contribution in [3.05, 3.63) is 97.1 Å². The van der Waals surface area contributed by atoms with Gasteiger partial charge in [-0.3, -0.25) is 9.59 Å². The Kier molecular flexibility index (Phi) is 4.16. The van der Waals surface area contributed by atoms with Gasteiger partial charge in [-0.05, 0) is 35.4 Å². The van der Waals surface area contributed by atoms with E-state index in [2.05, 4.69) is 4.98 Å². The van der Waals surface area contributed by atoms with Crippen LogP contribution in [0.3, 0.4) is 0 Å². The van der Waals surface area contributed by atoms with Crippen molar-refractivity contribution >= 4 is 12.2 Å². The summed E-state index contributed by atoms with van der Waals surface area (Å²) in [6.07, 6.45) is 3.25. The Morgan fingerprint density at radius 3 is 2.21 bits per heavy atom. The first-order valence-corrected chi connectivity index (χ1v) is 7.41. The molecule has 0 aliphatic carbocycles. The number of nitrogens with zero attached hydrogens (tertiary/aromatic N) is 1. The maximum Gasteiger partial charge on any atom is 0.274 e. The zero-order chi connectivity index (χ0) is 17.1. The normalized spacial score (nSPS) is 12.5. The van der Waals surface area contributed by atoms with Crippen LogP contribution < -0.4 is 21.8 Å². The smallest absolute Gasteiger partial charge is 0.274 e. The number of H-pyrrole nitrogens is 1. The van der Waals surface area contributed by atoms with Crippen LogP contribution in [0.15, 0.2) is 64.2 Å². The van der Waals surface area contributed by atoms with Gasteiger partial charge in [-0.1, -0.05) is 42.5 Å². The first-order chi connectivity index (χ1) is 11.5. The summed E-state index contributed by atoms with van der Waals surface area (Å²) in [5, 5.41) is 9.79. The molecule has 0 bridgehead atoms. The van der Waals surface area contributed by atoms with E-state index in [9.17, 15) is 14.7 Å². The largest absolute Gasteiger partial charge is 0.508 e. The molecule has 0 saturated carbocycles. The second-order valence-corrected chi connectivity index (χ2v) is 5.41. The summed E-state index contributed by atoms with van der Waals surface area (Å²) in [7, 11) is 1.56. The lowest BCUT2D eigenvalue weighted by molar-refractivity contribution is 0.475.